The number of nitrogens with zero attached hydrogens (tertiary/aromatic N) is 1. The number of carbonyl (C=O) groups excluding carboxylic acids is 1. The number of sulfonamides is 1. The first kappa shape index (κ1) is 15.0. The molecule has 0 saturated carbocycles. The van der Waals surface area contributed by atoms with Crippen LogP contribution in [0.3, 0.4) is 0 Å². The number of benzene rings is 1. The second kappa shape index (κ2) is 5.93. The van der Waals surface area contributed by atoms with E-state index >= 15 is 0 Å². The standard InChI is InChI=1S/C14H20N2O3S/c1-11-5-3-4-6-14(11)20(18,19)16-9-7-13(8-10-16)15-12(2)17/h3-6,13H,7-10H2,1-2H3,(H,15,17). The third-order valence-electron chi connectivity index (χ3n) is 3.57. The van der Waals surface area contributed by atoms with E-state index in [9.17, 15) is 13.2 Å². The summed E-state index contributed by atoms with van der Waals surface area (Å²) in [5.41, 5.74) is 0.761. The number of hydrogen-bond acceptors (Lipinski definition) is 3. The van der Waals surface area contributed by atoms with E-state index in [0.29, 0.717) is 30.8 Å². The van der Waals surface area contributed by atoms with Gasteiger partial charge in [-0.15, -0.1) is 0 Å². The summed E-state index contributed by atoms with van der Waals surface area (Å²) in [5.74, 6) is -0.0646. The van der Waals surface area contributed by atoms with Crippen LogP contribution in [-0.4, -0.2) is 37.8 Å². The second-order valence-corrected chi connectivity index (χ2v) is 7.05. The molecule has 0 bridgehead atoms. The first-order chi connectivity index (χ1) is 9.41. The van der Waals surface area contributed by atoms with Crippen LogP contribution in [0.2, 0.25) is 0 Å². The van der Waals surface area contributed by atoms with Gasteiger partial charge >= 0.3 is 0 Å². The predicted octanol–water partition coefficient (Wildman–Crippen LogP) is 1.28. The van der Waals surface area contributed by atoms with Crippen LogP contribution >= 0.6 is 0 Å². The topological polar surface area (TPSA) is 66.5 Å². The minimum absolute atomic E-state index is 0.0646. The summed E-state index contributed by atoms with van der Waals surface area (Å²) < 4.78 is 26.7. The van der Waals surface area contributed by atoms with Crippen LogP contribution in [0.5, 0.6) is 0 Å². The Labute approximate surface area is 120 Å². The molecule has 2 rings (SSSR count). The lowest BCUT2D eigenvalue weighted by Gasteiger charge is -2.31. The molecule has 0 aromatic heterocycles. The molecule has 1 aliphatic heterocycles. The van der Waals surface area contributed by atoms with E-state index in [1.54, 1.807) is 25.1 Å². The van der Waals surface area contributed by atoms with Crippen LogP contribution in [0.1, 0.15) is 25.3 Å². The molecule has 1 aromatic carbocycles. The third kappa shape index (κ3) is 3.19. The van der Waals surface area contributed by atoms with Gasteiger partial charge in [0.05, 0.1) is 4.90 Å². The van der Waals surface area contributed by atoms with Gasteiger partial charge in [-0.1, -0.05) is 18.2 Å². The highest BCUT2D eigenvalue weighted by Crippen LogP contribution is 2.23. The maximum Gasteiger partial charge on any atom is 0.243 e. The summed E-state index contributed by atoms with van der Waals surface area (Å²) in [5, 5.41) is 2.84. The molecule has 5 nitrogen and oxygen atoms in total. The van der Waals surface area contributed by atoms with E-state index in [1.807, 2.05) is 6.07 Å². The molecule has 1 aromatic rings. The largest absolute Gasteiger partial charge is 0.354 e. The van der Waals surface area contributed by atoms with Crippen molar-refractivity contribution in [2.75, 3.05) is 13.1 Å². The molecule has 110 valence electrons. The molecule has 1 amide bonds. The predicted molar refractivity (Wildman–Crippen MR) is 76.8 cm³/mol. The molecule has 0 atom stereocenters. The summed E-state index contributed by atoms with van der Waals surface area (Å²) in [6, 6.07) is 7.10. The van der Waals surface area contributed by atoms with Crippen molar-refractivity contribution in [1.82, 2.24) is 9.62 Å². The zero-order valence-corrected chi connectivity index (χ0v) is 12.6. The Balaban J connectivity index is 2.10. The summed E-state index contributed by atoms with van der Waals surface area (Å²) in [7, 11) is -3.42. The minimum Gasteiger partial charge on any atom is -0.354 e. The van der Waals surface area contributed by atoms with Gasteiger partial charge in [-0.3, -0.25) is 4.79 Å². The Kier molecular flexibility index (Phi) is 4.45. The van der Waals surface area contributed by atoms with E-state index in [2.05, 4.69) is 5.32 Å². The Morgan fingerprint density at radius 1 is 1.25 bits per heavy atom. The summed E-state index contributed by atoms with van der Waals surface area (Å²) in [4.78, 5) is 11.4. The van der Waals surface area contributed by atoms with Gasteiger partial charge in [0, 0.05) is 26.1 Å². The molecule has 1 aliphatic rings. The lowest BCUT2D eigenvalue weighted by atomic mass is 10.1. The number of aryl methyl sites for hydroxylation is 1. The minimum atomic E-state index is -3.42. The van der Waals surface area contributed by atoms with Crippen LogP contribution in [0.4, 0.5) is 0 Å². The molecule has 6 heteroatoms. The fraction of sp³-hybridized carbons (Fsp3) is 0.500. The summed E-state index contributed by atoms with van der Waals surface area (Å²) in [6.07, 6.45) is 1.31. The number of carbonyl (C=O) groups is 1. The van der Waals surface area contributed by atoms with Gasteiger partial charge in [-0.2, -0.15) is 4.31 Å². The van der Waals surface area contributed by atoms with E-state index in [1.165, 1.54) is 11.2 Å². The van der Waals surface area contributed by atoms with E-state index in [4.69, 9.17) is 0 Å². The SMILES string of the molecule is CC(=O)NC1CCN(S(=O)(=O)c2ccccc2C)CC1. The Morgan fingerprint density at radius 3 is 2.40 bits per heavy atom. The quantitative estimate of drug-likeness (QED) is 0.914. The summed E-state index contributed by atoms with van der Waals surface area (Å²) in [6.45, 7) is 4.18. The zero-order valence-electron chi connectivity index (χ0n) is 11.8. The molecular formula is C14H20N2O3S. The van der Waals surface area contributed by atoms with Crippen molar-refractivity contribution < 1.29 is 13.2 Å². The van der Waals surface area contributed by atoms with Crippen LogP contribution in [-0.2, 0) is 14.8 Å². The Hall–Kier alpha value is -1.40. The highest BCUT2D eigenvalue weighted by Gasteiger charge is 2.30. The van der Waals surface area contributed by atoms with Gasteiger partial charge in [0.1, 0.15) is 0 Å². The molecule has 0 radical (unpaired) electrons. The van der Waals surface area contributed by atoms with Crippen LogP contribution in [0, 0.1) is 6.92 Å². The highest BCUT2D eigenvalue weighted by atomic mass is 32.2. The number of rotatable bonds is 3. The number of hydrogen-bond donors (Lipinski definition) is 1. The molecule has 1 saturated heterocycles. The molecule has 0 spiro atoms. The van der Waals surface area contributed by atoms with Gasteiger partial charge in [0.25, 0.3) is 0 Å². The molecular weight excluding hydrogens is 276 g/mol. The first-order valence-corrected chi connectivity index (χ1v) is 8.18. The smallest absolute Gasteiger partial charge is 0.243 e. The maximum absolute atomic E-state index is 12.6. The van der Waals surface area contributed by atoms with Gasteiger partial charge in [0.15, 0.2) is 0 Å². The van der Waals surface area contributed by atoms with Crippen molar-refractivity contribution in [2.45, 2.75) is 37.6 Å². The van der Waals surface area contributed by atoms with E-state index in [-0.39, 0.29) is 11.9 Å². The molecule has 0 aliphatic carbocycles. The van der Waals surface area contributed by atoms with Gasteiger partial charge in [-0.05, 0) is 31.4 Å². The van der Waals surface area contributed by atoms with Crippen molar-refractivity contribution in [2.24, 2.45) is 0 Å². The van der Waals surface area contributed by atoms with E-state index < -0.39 is 10.0 Å². The lowest BCUT2D eigenvalue weighted by molar-refractivity contribution is -0.119. The second-order valence-electron chi connectivity index (χ2n) is 5.14. The van der Waals surface area contributed by atoms with Crippen LogP contribution in [0.15, 0.2) is 29.2 Å². The van der Waals surface area contributed by atoms with Crippen molar-refractivity contribution in [3.8, 4) is 0 Å². The van der Waals surface area contributed by atoms with Gasteiger partial charge in [-0.25, -0.2) is 8.42 Å². The molecule has 1 N–H and O–H groups in total. The summed E-state index contributed by atoms with van der Waals surface area (Å²) >= 11 is 0. The van der Waals surface area contributed by atoms with E-state index in [0.717, 1.165) is 5.56 Å². The first-order valence-electron chi connectivity index (χ1n) is 6.74. The number of nitrogens with one attached hydrogen (secondary N) is 1. The molecule has 1 heterocycles. The maximum atomic E-state index is 12.6. The third-order valence-corrected chi connectivity index (χ3v) is 5.63. The number of amides is 1. The Bertz CT molecular complexity index is 590. The Morgan fingerprint density at radius 2 is 1.85 bits per heavy atom. The van der Waals surface area contributed by atoms with Crippen molar-refractivity contribution in [3.63, 3.8) is 0 Å². The van der Waals surface area contributed by atoms with Crippen LogP contribution in [0.25, 0.3) is 0 Å². The monoisotopic (exact) mass is 296 g/mol. The van der Waals surface area contributed by atoms with Crippen molar-refractivity contribution in [1.29, 1.82) is 0 Å². The normalized spacial score (nSPS) is 17.9. The highest BCUT2D eigenvalue weighted by molar-refractivity contribution is 7.89. The average Bonchev–Trinajstić information content (AvgIpc) is 2.39. The molecule has 0 unspecified atom stereocenters. The number of piperidine rings is 1. The average molecular weight is 296 g/mol. The zero-order chi connectivity index (χ0) is 14.8. The van der Waals surface area contributed by atoms with Crippen molar-refractivity contribution in [3.05, 3.63) is 29.8 Å². The van der Waals surface area contributed by atoms with Crippen LogP contribution < -0.4 is 5.32 Å². The molecule has 1 fully saturated rings. The molecule has 20 heavy (non-hydrogen) atoms. The van der Waals surface area contributed by atoms with Crippen molar-refractivity contribution >= 4 is 15.9 Å². The fourth-order valence-corrected chi connectivity index (χ4v) is 4.21. The lowest BCUT2D eigenvalue weighted by Crippen LogP contribution is -2.46. The fourth-order valence-electron chi connectivity index (χ4n) is 2.51. The van der Waals surface area contributed by atoms with Gasteiger partial charge < -0.3 is 5.32 Å². The van der Waals surface area contributed by atoms with Gasteiger partial charge in [0.2, 0.25) is 15.9 Å².